The molecule has 0 bridgehead atoms. The monoisotopic (exact) mass is 312 g/mol. The maximum absolute atomic E-state index is 14.6. The fourth-order valence-corrected chi connectivity index (χ4v) is 2.35. The molecule has 1 N–H and O–H groups in total. The average molecular weight is 312 g/mol. The molecule has 0 spiro atoms. The number of halogens is 1. The van der Waals surface area contributed by atoms with Crippen LogP contribution in [0.5, 0.6) is 11.6 Å². The number of rotatable bonds is 4. The molecule has 1 unspecified atom stereocenters. The van der Waals surface area contributed by atoms with E-state index in [-0.39, 0.29) is 23.1 Å². The smallest absolute Gasteiger partial charge is 0.214 e. The number of aromatic nitrogens is 1. The molecule has 2 rings (SSSR count). The molecule has 0 saturated carbocycles. The van der Waals surface area contributed by atoms with E-state index in [1.54, 1.807) is 12.1 Å². The third kappa shape index (κ3) is 3.07. The number of aromatic hydroxyl groups is 1. The molecule has 114 valence electrons. The van der Waals surface area contributed by atoms with Crippen molar-refractivity contribution >= 4 is 27.6 Å². The maximum Gasteiger partial charge on any atom is 0.214 e. The van der Waals surface area contributed by atoms with Gasteiger partial charge < -0.3 is 9.84 Å². The van der Waals surface area contributed by atoms with Crippen LogP contribution >= 0.6 is 0 Å². The molecule has 21 heavy (non-hydrogen) atoms. The molecule has 1 aromatic carbocycles. The zero-order valence-corrected chi connectivity index (χ0v) is 13.1. The zero-order chi connectivity index (χ0) is 15.7. The zero-order valence-electron chi connectivity index (χ0n) is 12.3. The van der Waals surface area contributed by atoms with Crippen LogP contribution < -0.4 is 9.04 Å². The van der Waals surface area contributed by atoms with Gasteiger partial charge in [-0.15, -0.1) is 0 Å². The second kappa shape index (κ2) is 5.85. The molecule has 5 nitrogen and oxygen atoms in total. The summed E-state index contributed by atoms with van der Waals surface area (Å²) in [5, 5.41) is 10.4. The van der Waals surface area contributed by atoms with Gasteiger partial charge in [0.15, 0.2) is 5.82 Å². The average Bonchev–Trinajstić information content (AvgIpc) is 2.38. The van der Waals surface area contributed by atoms with Crippen molar-refractivity contribution in [3.8, 4) is 11.6 Å². The number of hydrogen-bond acceptors (Lipinski definition) is 4. The number of ether oxygens (including phenoxy) is 1. The molecule has 0 amide bonds. The van der Waals surface area contributed by atoms with Crippen LogP contribution in [0.3, 0.4) is 0 Å². The van der Waals surface area contributed by atoms with Crippen molar-refractivity contribution in [2.24, 2.45) is 0 Å². The van der Waals surface area contributed by atoms with E-state index in [0.717, 1.165) is 4.31 Å². The standard InChI is InChI=1S/C14H17FN2O3S/c1-8(2)20-11-6-5-9-7-10(18)14(17(3)21(4)19)12(15)13(9)16-11/h5-8,18H,1-4H3. The highest BCUT2D eigenvalue weighted by Crippen LogP contribution is 2.36. The first kappa shape index (κ1) is 15.5. The van der Waals surface area contributed by atoms with E-state index in [1.165, 1.54) is 19.4 Å². The first-order chi connectivity index (χ1) is 9.81. The molecule has 0 aliphatic rings. The lowest BCUT2D eigenvalue weighted by Gasteiger charge is -2.18. The fraction of sp³-hybridized carbons (Fsp3) is 0.357. The number of hydrogen-bond donors (Lipinski definition) is 1. The second-order valence-corrected chi connectivity index (χ2v) is 6.26. The molecule has 0 aliphatic heterocycles. The number of anilines is 1. The van der Waals surface area contributed by atoms with Gasteiger partial charge in [0.1, 0.15) is 27.9 Å². The quantitative estimate of drug-likeness (QED) is 0.942. The van der Waals surface area contributed by atoms with Crippen LogP contribution in [0.2, 0.25) is 0 Å². The van der Waals surface area contributed by atoms with Gasteiger partial charge in [0.2, 0.25) is 5.88 Å². The van der Waals surface area contributed by atoms with E-state index in [1.807, 2.05) is 13.8 Å². The van der Waals surface area contributed by atoms with Crippen molar-refractivity contribution in [3.05, 3.63) is 24.0 Å². The van der Waals surface area contributed by atoms with Crippen molar-refractivity contribution in [1.29, 1.82) is 0 Å². The third-order valence-electron chi connectivity index (χ3n) is 2.91. The molecule has 1 atom stereocenters. The van der Waals surface area contributed by atoms with Gasteiger partial charge in [-0.25, -0.2) is 13.6 Å². The fourth-order valence-electron chi connectivity index (χ4n) is 1.92. The van der Waals surface area contributed by atoms with Gasteiger partial charge in [0.05, 0.1) is 6.10 Å². The summed E-state index contributed by atoms with van der Waals surface area (Å²) in [6.45, 7) is 3.69. The van der Waals surface area contributed by atoms with Gasteiger partial charge in [-0.05, 0) is 26.0 Å². The van der Waals surface area contributed by atoms with Crippen molar-refractivity contribution in [2.75, 3.05) is 17.6 Å². The second-order valence-electron chi connectivity index (χ2n) is 4.87. The Balaban J connectivity index is 2.64. The molecular formula is C14H17FN2O3S. The molecule has 0 fully saturated rings. The van der Waals surface area contributed by atoms with E-state index < -0.39 is 16.8 Å². The van der Waals surface area contributed by atoms with Crippen molar-refractivity contribution in [2.45, 2.75) is 20.0 Å². The van der Waals surface area contributed by atoms with Crippen molar-refractivity contribution in [3.63, 3.8) is 0 Å². The Morgan fingerprint density at radius 2 is 2.10 bits per heavy atom. The Bertz CT molecular complexity index is 706. The van der Waals surface area contributed by atoms with Crippen LogP contribution in [0.1, 0.15) is 13.8 Å². The van der Waals surface area contributed by atoms with Crippen LogP contribution in [0.4, 0.5) is 10.1 Å². The summed E-state index contributed by atoms with van der Waals surface area (Å²) in [6.07, 6.45) is 1.31. The molecule has 1 aromatic heterocycles. The van der Waals surface area contributed by atoms with Crippen LogP contribution in [-0.2, 0) is 11.0 Å². The first-order valence-electron chi connectivity index (χ1n) is 6.37. The highest BCUT2D eigenvalue weighted by atomic mass is 32.2. The number of phenols is 1. The largest absolute Gasteiger partial charge is 0.506 e. The lowest BCUT2D eigenvalue weighted by atomic mass is 10.1. The van der Waals surface area contributed by atoms with E-state index in [4.69, 9.17) is 4.74 Å². The highest BCUT2D eigenvalue weighted by Gasteiger charge is 2.20. The maximum atomic E-state index is 14.6. The minimum Gasteiger partial charge on any atom is -0.506 e. The predicted molar refractivity (Wildman–Crippen MR) is 81.6 cm³/mol. The Morgan fingerprint density at radius 3 is 2.67 bits per heavy atom. The molecule has 0 radical (unpaired) electrons. The number of phenolic OH excluding ortho intramolecular Hbond substituents is 1. The third-order valence-corrected chi connectivity index (χ3v) is 3.86. The Hall–Kier alpha value is -1.89. The van der Waals surface area contributed by atoms with Crippen LogP contribution in [0.25, 0.3) is 10.9 Å². The van der Waals surface area contributed by atoms with E-state index >= 15 is 0 Å². The summed E-state index contributed by atoms with van der Waals surface area (Å²) in [7, 11) is -0.0259. The van der Waals surface area contributed by atoms with Gasteiger partial charge in [-0.2, -0.15) is 0 Å². The molecule has 1 heterocycles. The SMILES string of the molecule is CC(C)Oc1ccc2cc(O)c(N(C)S(C)=O)c(F)c2n1. The highest BCUT2D eigenvalue weighted by molar-refractivity contribution is 7.85. The number of nitrogens with zero attached hydrogens (tertiary/aromatic N) is 2. The Kier molecular flexibility index (Phi) is 4.32. The van der Waals surface area contributed by atoms with Crippen LogP contribution in [0, 0.1) is 5.82 Å². The Labute approximate surface area is 125 Å². The molecule has 0 aliphatic carbocycles. The van der Waals surface area contributed by atoms with Gasteiger partial charge in [-0.3, -0.25) is 4.31 Å². The van der Waals surface area contributed by atoms with Gasteiger partial charge in [0.25, 0.3) is 0 Å². The predicted octanol–water partition coefficient (Wildman–Crippen LogP) is 2.60. The van der Waals surface area contributed by atoms with Gasteiger partial charge in [0, 0.05) is 24.8 Å². The first-order valence-corrected chi connectivity index (χ1v) is 7.89. The van der Waals surface area contributed by atoms with E-state index in [2.05, 4.69) is 4.98 Å². The van der Waals surface area contributed by atoms with Crippen LogP contribution in [-0.4, -0.2) is 33.7 Å². The molecule has 7 heteroatoms. The minimum atomic E-state index is -1.46. The van der Waals surface area contributed by atoms with E-state index in [0.29, 0.717) is 11.3 Å². The number of pyridine rings is 1. The van der Waals surface area contributed by atoms with Crippen molar-refractivity contribution in [1.82, 2.24) is 4.98 Å². The number of fused-ring (bicyclic) bond motifs is 1. The molecule has 2 aromatic rings. The lowest BCUT2D eigenvalue weighted by molar-refractivity contribution is 0.233. The summed E-state index contributed by atoms with van der Waals surface area (Å²) >= 11 is 0. The van der Waals surface area contributed by atoms with Gasteiger partial charge >= 0.3 is 0 Å². The van der Waals surface area contributed by atoms with E-state index in [9.17, 15) is 13.7 Å². The summed E-state index contributed by atoms with van der Waals surface area (Å²) in [6, 6.07) is 4.63. The summed E-state index contributed by atoms with van der Waals surface area (Å²) in [5.41, 5.74) is -0.0734. The van der Waals surface area contributed by atoms with Gasteiger partial charge in [-0.1, -0.05) is 0 Å². The summed E-state index contributed by atoms with van der Waals surface area (Å²) in [5.74, 6) is -0.706. The normalized spacial score (nSPS) is 12.7. The number of benzene rings is 1. The lowest BCUT2D eigenvalue weighted by Crippen LogP contribution is -2.20. The Morgan fingerprint density at radius 1 is 1.43 bits per heavy atom. The summed E-state index contributed by atoms with van der Waals surface area (Å²) in [4.78, 5) is 4.12. The van der Waals surface area contributed by atoms with Crippen molar-refractivity contribution < 1.29 is 18.4 Å². The van der Waals surface area contributed by atoms with Crippen LogP contribution in [0.15, 0.2) is 18.2 Å². The topological polar surface area (TPSA) is 62.7 Å². The summed E-state index contributed by atoms with van der Waals surface area (Å²) < 4.78 is 32.7. The molecule has 0 saturated heterocycles. The molecular weight excluding hydrogens is 295 g/mol. The minimum absolute atomic E-state index is 0.0678.